The van der Waals surface area contributed by atoms with Crippen LogP contribution in [-0.4, -0.2) is 32.1 Å². The van der Waals surface area contributed by atoms with E-state index in [1.165, 1.54) is 20.3 Å². The van der Waals surface area contributed by atoms with Gasteiger partial charge in [-0.1, -0.05) is 31.9 Å². The first-order valence-electron chi connectivity index (χ1n) is 8.36. The summed E-state index contributed by atoms with van der Waals surface area (Å²) in [6, 6.07) is 7.59. The maximum atomic E-state index is 13.1. The number of benzene rings is 2. The lowest BCUT2D eigenvalue weighted by Gasteiger charge is -2.27. The zero-order valence-corrected chi connectivity index (χ0v) is 18.9. The van der Waals surface area contributed by atoms with Crippen LogP contribution in [-0.2, 0) is 9.59 Å². The minimum absolute atomic E-state index is 0.205. The summed E-state index contributed by atoms with van der Waals surface area (Å²) < 4.78 is 12.2. The van der Waals surface area contributed by atoms with Crippen LogP contribution in [0.15, 0.2) is 44.9 Å². The quantitative estimate of drug-likeness (QED) is 0.479. The molecule has 29 heavy (non-hydrogen) atoms. The van der Waals surface area contributed by atoms with Crippen molar-refractivity contribution < 1.29 is 23.9 Å². The molecule has 1 fully saturated rings. The number of urea groups is 1. The first-order chi connectivity index (χ1) is 13.8. The fourth-order valence-electron chi connectivity index (χ4n) is 2.88. The zero-order valence-electron chi connectivity index (χ0n) is 15.7. The van der Waals surface area contributed by atoms with Gasteiger partial charge in [0.2, 0.25) is 0 Å². The van der Waals surface area contributed by atoms with Crippen LogP contribution in [0.4, 0.5) is 10.5 Å². The smallest absolute Gasteiger partial charge is 0.335 e. The maximum Gasteiger partial charge on any atom is 0.335 e. The van der Waals surface area contributed by atoms with Crippen molar-refractivity contribution in [3.05, 3.63) is 56.0 Å². The van der Waals surface area contributed by atoms with E-state index >= 15 is 0 Å². The lowest BCUT2D eigenvalue weighted by Crippen LogP contribution is -2.54. The van der Waals surface area contributed by atoms with E-state index in [4.69, 9.17) is 9.47 Å². The molecule has 1 saturated heterocycles. The van der Waals surface area contributed by atoms with E-state index in [-0.39, 0.29) is 5.57 Å². The number of anilines is 1. The molecule has 1 heterocycles. The van der Waals surface area contributed by atoms with Gasteiger partial charge in [-0.05, 0) is 48.9 Å². The predicted molar refractivity (Wildman–Crippen MR) is 115 cm³/mol. The number of nitrogens with one attached hydrogen (secondary N) is 1. The number of carbonyl (C=O) groups excluding carboxylic acids is 3. The Kier molecular flexibility index (Phi) is 6.09. The van der Waals surface area contributed by atoms with Crippen molar-refractivity contribution >= 4 is 61.5 Å². The van der Waals surface area contributed by atoms with Gasteiger partial charge in [-0.25, -0.2) is 9.69 Å². The van der Waals surface area contributed by atoms with Gasteiger partial charge in [0.25, 0.3) is 11.8 Å². The number of halogens is 2. The number of aryl methyl sites for hydroxylation is 1. The van der Waals surface area contributed by atoms with Crippen molar-refractivity contribution in [1.29, 1.82) is 0 Å². The lowest BCUT2D eigenvalue weighted by atomic mass is 10.1. The number of amides is 4. The van der Waals surface area contributed by atoms with Crippen LogP contribution in [0.3, 0.4) is 0 Å². The summed E-state index contributed by atoms with van der Waals surface area (Å²) in [5, 5.41) is 2.21. The number of hydrogen-bond donors (Lipinski definition) is 1. The van der Waals surface area contributed by atoms with E-state index in [0.717, 1.165) is 14.9 Å². The average Bonchev–Trinajstić information content (AvgIpc) is 2.67. The normalized spacial score (nSPS) is 15.6. The number of hydrogen-bond acceptors (Lipinski definition) is 5. The highest BCUT2D eigenvalue weighted by molar-refractivity contribution is 9.10. The standard InChI is InChI=1S/C20H16Br2N2O5/c1-10-6-13(4-5-15(10)22)24-19(26)14(18(25)23-20(24)27)8-11-7-12(21)9-16(28-2)17(11)29-3/h4-9H,1-3H3,(H,23,25,27)/b14-8+. The molecule has 0 spiro atoms. The van der Waals surface area contributed by atoms with Gasteiger partial charge in [-0.3, -0.25) is 14.9 Å². The first kappa shape index (κ1) is 21.1. The number of methoxy groups -OCH3 is 2. The predicted octanol–water partition coefficient (Wildman–Crippen LogP) is 4.20. The van der Waals surface area contributed by atoms with Crippen molar-refractivity contribution in [2.75, 3.05) is 19.1 Å². The molecule has 150 valence electrons. The van der Waals surface area contributed by atoms with Gasteiger partial charge in [0.05, 0.1) is 19.9 Å². The molecule has 3 rings (SSSR count). The van der Waals surface area contributed by atoms with Crippen molar-refractivity contribution in [2.45, 2.75) is 6.92 Å². The molecule has 0 aromatic heterocycles. The van der Waals surface area contributed by atoms with Crippen molar-refractivity contribution in [1.82, 2.24) is 5.32 Å². The molecule has 0 unspecified atom stereocenters. The average molecular weight is 524 g/mol. The molecule has 7 nitrogen and oxygen atoms in total. The third-order valence-corrected chi connectivity index (χ3v) is 5.62. The van der Waals surface area contributed by atoms with E-state index in [1.807, 2.05) is 6.92 Å². The van der Waals surface area contributed by atoms with Gasteiger partial charge in [0, 0.05) is 14.5 Å². The van der Waals surface area contributed by atoms with Crippen LogP contribution >= 0.6 is 31.9 Å². The third kappa shape index (κ3) is 4.06. The third-order valence-electron chi connectivity index (χ3n) is 4.27. The molecule has 4 amide bonds. The van der Waals surface area contributed by atoms with Crippen molar-refractivity contribution in [3.63, 3.8) is 0 Å². The Morgan fingerprint density at radius 1 is 1.03 bits per heavy atom. The van der Waals surface area contributed by atoms with Crippen LogP contribution in [0.5, 0.6) is 11.5 Å². The van der Waals surface area contributed by atoms with E-state index < -0.39 is 17.8 Å². The fraction of sp³-hybridized carbons (Fsp3) is 0.150. The number of barbiturate groups is 1. The molecule has 0 radical (unpaired) electrons. The minimum Gasteiger partial charge on any atom is -0.493 e. The Balaban J connectivity index is 2.11. The molecule has 1 N–H and O–H groups in total. The topological polar surface area (TPSA) is 84.9 Å². The SMILES string of the molecule is COc1cc(Br)cc(/C=C2\C(=O)NC(=O)N(c3ccc(Br)c(C)c3)C2=O)c1OC. The number of nitrogens with zero attached hydrogens (tertiary/aromatic N) is 1. The van der Waals surface area contributed by atoms with Crippen LogP contribution < -0.4 is 19.7 Å². The van der Waals surface area contributed by atoms with E-state index in [2.05, 4.69) is 37.2 Å². The molecule has 0 bridgehead atoms. The van der Waals surface area contributed by atoms with Crippen LogP contribution in [0.2, 0.25) is 0 Å². The highest BCUT2D eigenvalue weighted by Gasteiger charge is 2.37. The molecule has 0 saturated carbocycles. The van der Waals surface area contributed by atoms with Gasteiger partial charge < -0.3 is 9.47 Å². The molecule has 0 aliphatic carbocycles. The summed E-state index contributed by atoms with van der Waals surface area (Å²) in [4.78, 5) is 38.8. The molecule has 1 aliphatic rings. The molecular weight excluding hydrogens is 508 g/mol. The van der Waals surface area contributed by atoms with Crippen molar-refractivity contribution in [2.24, 2.45) is 0 Å². The second-order valence-corrected chi connectivity index (χ2v) is 7.89. The summed E-state index contributed by atoms with van der Waals surface area (Å²) in [6.45, 7) is 1.83. The lowest BCUT2D eigenvalue weighted by molar-refractivity contribution is -0.122. The highest BCUT2D eigenvalue weighted by Crippen LogP contribution is 2.36. The van der Waals surface area contributed by atoms with E-state index in [9.17, 15) is 14.4 Å². The van der Waals surface area contributed by atoms with Crippen LogP contribution in [0.25, 0.3) is 6.08 Å². The molecule has 2 aromatic rings. The molecule has 9 heteroatoms. The zero-order chi connectivity index (χ0) is 21.3. The Bertz CT molecular complexity index is 1070. The van der Waals surface area contributed by atoms with Gasteiger partial charge in [0.1, 0.15) is 5.57 Å². The fourth-order valence-corrected chi connectivity index (χ4v) is 3.58. The maximum absolute atomic E-state index is 13.1. The van der Waals surface area contributed by atoms with Gasteiger partial charge in [-0.2, -0.15) is 0 Å². The second kappa shape index (κ2) is 8.38. The van der Waals surface area contributed by atoms with Crippen LogP contribution in [0.1, 0.15) is 11.1 Å². The number of carbonyl (C=O) groups is 3. The monoisotopic (exact) mass is 522 g/mol. The van der Waals surface area contributed by atoms with E-state index in [1.54, 1.807) is 30.3 Å². The van der Waals surface area contributed by atoms with E-state index in [0.29, 0.717) is 27.2 Å². The Morgan fingerprint density at radius 3 is 2.38 bits per heavy atom. The number of rotatable bonds is 4. The van der Waals surface area contributed by atoms with Gasteiger partial charge in [-0.15, -0.1) is 0 Å². The molecule has 2 aromatic carbocycles. The summed E-state index contributed by atoms with van der Waals surface area (Å²) in [6.07, 6.45) is 1.37. The highest BCUT2D eigenvalue weighted by atomic mass is 79.9. The van der Waals surface area contributed by atoms with Crippen LogP contribution in [0, 0.1) is 6.92 Å². The molecule has 1 aliphatic heterocycles. The Hall–Kier alpha value is -2.65. The summed E-state index contributed by atoms with van der Waals surface area (Å²) >= 11 is 6.75. The summed E-state index contributed by atoms with van der Waals surface area (Å²) in [7, 11) is 2.94. The van der Waals surface area contributed by atoms with Crippen molar-refractivity contribution in [3.8, 4) is 11.5 Å². The Morgan fingerprint density at radius 2 is 1.76 bits per heavy atom. The summed E-state index contributed by atoms with van der Waals surface area (Å²) in [5.41, 5.74) is 1.43. The second-order valence-electron chi connectivity index (χ2n) is 6.12. The summed E-state index contributed by atoms with van der Waals surface area (Å²) in [5.74, 6) is -0.742. The van der Waals surface area contributed by atoms with Gasteiger partial charge >= 0.3 is 6.03 Å². The number of ether oxygens (including phenoxy) is 2. The first-order valence-corrected chi connectivity index (χ1v) is 9.94. The number of imide groups is 2. The molecule has 0 atom stereocenters. The largest absolute Gasteiger partial charge is 0.493 e. The Labute approximate surface area is 183 Å². The molecular formula is C20H16Br2N2O5. The minimum atomic E-state index is -0.808. The van der Waals surface area contributed by atoms with Gasteiger partial charge in [0.15, 0.2) is 11.5 Å².